The molecule has 2 nitrogen and oxygen atoms in total. The summed E-state index contributed by atoms with van der Waals surface area (Å²) in [6.07, 6.45) is 7.08. The molecule has 3 rings (SSSR count). The second-order valence-electron chi connectivity index (χ2n) is 6.55. The number of rotatable bonds is 3. The van der Waals surface area contributed by atoms with Crippen LogP contribution in [0, 0.1) is 11.8 Å². The van der Waals surface area contributed by atoms with Gasteiger partial charge in [0.25, 0.3) is 0 Å². The quantitative estimate of drug-likeness (QED) is 0.915. The van der Waals surface area contributed by atoms with Gasteiger partial charge in [-0.2, -0.15) is 0 Å². The minimum absolute atomic E-state index is 0.226. The molecule has 1 aromatic rings. The van der Waals surface area contributed by atoms with Gasteiger partial charge < -0.3 is 10.5 Å². The van der Waals surface area contributed by atoms with E-state index < -0.39 is 0 Å². The largest absolute Gasteiger partial charge is 0.493 e. The molecule has 0 radical (unpaired) electrons. The number of fused-ring (bicyclic) bond motifs is 1. The van der Waals surface area contributed by atoms with Gasteiger partial charge in [0.1, 0.15) is 5.75 Å². The van der Waals surface area contributed by atoms with Crippen molar-refractivity contribution in [2.45, 2.75) is 51.5 Å². The molecule has 20 heavy (non-hydrogen) atoms. The summed E-state index contributed by atoms with van der Waals surface area (Å²) in [5, 5.41) is 0.813. The number of ether oxygens (including phenoxy) is 1. The first-order valence-corrected chi connectivity index (χ1v) is 8.21. The highest BCUT2D eigenvalue weighted by atomic mass is 35.5. The zero-order valence-corrected chi connectivity index (χ0v) is 13.0. The Morgan fingerprint density at radius 1 is 1.40 bits per heavy atom. The van der Waals surface area contributed by atoms with Crippen molar-refractivity contribution in [2.24, 2.45) is 17.6 Å². The molecule has 1 aliphatic carbocycles. The molecule has 1 aromatic carbocycles. The predicted molar refractivity (Wildman–Crippen MR) is 83.5 cm³/mol. The second kappa shape index (κ2) is 5.95. The monoisotopic (exact) mass is 293 g/mol. The van der Waals surface area contributed by atoms with E-state index in [0.717, 1.165) is 36.1 Å². The van der Waals surface area contributed by atoms with E-state index in [0.29, 0.717) is 5.92 Å². The molecule has 1 heterocycles. The first kappa shape index (κ1) is 14.2. The van der Waals surface area contributed by atoms with E-state index in [9.17, 15) is 0 Å². The summed E-state index contributed by atoms with van der Waals surface area (Å²) in [5.41, 5.74) is 8.94. The molecule has 3 heteroatoms. The molecular weight excluding hydrogens is 270 g/mol. The first-order chi connectivity index (χ1) is 9.63. The average Bonchev–Trinajstić information content (AvgIpc) is 2.86. The van der Waals surface area contributed by atoms with Crippen LogP contribution in [0.3, 0.4) is 0 Å². The smallest absolute Gasteiger partial charge is 0.125 e. The van der Waals surface area contributed by atoms with Crippen molar-refractivity contribution in [2.75, 3.05) is 6.61 Å². The van der Waals surface area contributed by atoms with Crippen LogP contribution in [0.1, 0.15) is 43.7 Å². The minimum Gasteiger partial charge on any atom is -0.493 e. The lowest BCUT2D eigenvalue weighted by Crippen LogP contribution is -2.35. The summed E-state index contributed by atoms with van der Waals surface area (Å²) in [6.45, 7) is 3.12. The molecule has 1 saturated carbocycles. The van der Waals surface area contributed by atoms with E-state index in [1.807, 2.05) is 12.1 Å². The zero-order chi connectivity index (χ0) is 14.1. The van der Waals surface area contributed by atoms with Crippen molar-refractivity contribution in [3.05, 3.63) is 28.3 Å². The molecule has 0 bridgehead atoms. The topological polar surface area (TPSA) is 35.2 Å². The Hall–Kier alpha value is -0.730. The van der Waals surface area contributed by atoms with Crippen LogP contribution in [0.25, 0.3) is 0 Å². The fourth-order valence-electron chi connectivity index (χ4n) is 3.79. The lowest BCUT2D eigenvalue weighted by molar-refractivity contribution is 0.244. The summed E-state index contributed by atoms with van der Waals surface area (Å²) in [6, 6.07) is 4.30. The van der Waals surface area contributed by atoms with E-state index in [2.05, 4.69) is 6.92 Å². The molecular formula is C17H24ClNO. The standard InChI is InChI=1S/C17H24ClNO/c1-11-3-2-4-12(7-11)16(19)10-14-9-15(18)8-13-5-6-20-17(13)14/h8-9,11-12,16H,2-7,10,19H2,1H3. The summed E-state index contributed by atoms with van der Waals surface area (Å²) in [5.74, 6) is 2.52. The molecule has 0 spiro atoms. The van der Waals surface area contributed by atoms with Crippen molar-refractivity contribution in [1.82, 2.24) is 0 Å². The van der Waals surface area contributed by atoms with Crippen molar-refractivity contribution >= 4 is 11.6 Å². The number of hydrogen-bond donors (Lipinski definition) is 1. The zero-order valence-electron chi connectivity index (χ0n) is 12.2. The maximum absolute atomic E-state index is 6.49. The van der Waals surface area contributed by atoms with Crippen LogP contribution in [0.15, 0.2) is 12.1 Å². The van der Waals surface area contributed by atoms with Crippen LogP contribution < -0.4 is 10.5 Å². The summed E-state index contributed by atoms with van der Waals surface area (Å²) < 4.78 is 5.78. The lowest BCUT2D eigenvalue weighted by atomic mass is 9.77. The van der Waals surface area contributed by atoms with Gasteiger partial charge in [-0.1, -0.05) is 31.4 Å². The van der Waals surface area contributed by atoms with Crippen LogP contribution in [0.5, 0.6) is 5.75 Å². The Labute approximate surface area is 126 Å². The van der Waals surface area contributed by atoms with Gasteiger partial charge >= 0.3 is 0 Å². The Balaban J connectivity index is 1.74. The first-order valence-electron chi connectivity index (χ1n) is 7.83. The number of halogens is 1. The van der Waals surface area contributed by atoms with Crippen molar-refractivity contribution < 1.29 is 4.74 Å². The van der Waals surface area contributed by atoms with Crippen LogP contribution >= 0.6 is 11.6 Å². The molecule has 2 N–H and O–H groups in total. The van der Waals surface area contributed by atoms with E-state index in [1.165, 1.54) is 36.8 Å². The molecule has 3 unspecified atom stereocenters. The van der Waals surface area contributed by atoms with Crippen LogP contribution in [0.4, 0.5) is 0 Å². The van der Waals surface area contributed by atoms with Gasteiger partial charge in [0.05, 0.1) is 6.61 Å². The van der Waals surface area contributed by atoms with E-state index in [1.54, 1.807) is 0 Å². The molecule has 0 saturated heterocycles. The van der Waals surface area contributed by atoms with Crippen molar-refractivity contribution in [1.29, 1.82) is 0 Å². The molecule has 1 aliphatic heterocycles. The van der Waals surface area contributed by atoms with Gasteiger partial charge in [-0.3, -0.25) is 0 Å². The lowest BCUT2D eigenvalue weighted by Gasteiger charge is -2.31. The normalized spacial score (nSPS) is 26.9. The maximum atomic E-state index is 6.49. The van der Waals surface area contributed by atoms with Gasteiger partial charge in [-0.15, -0.1) is 0 Å². The van der Waals surface area contributed by atoms with Crippen LogP contribution in [-0.2, 0) is 12.8 Å². The number of benzene rings is 1. The van der Waals surface area contributed by atoms with Gasteiger partial charge in [0.2, 0.25) is 0 Å². The highest BCUT2D eigenvalue weighted by Gasteiger charge is 2.26. The Morgan fingerprint density at radius 2 is 2.25 bits per heavy atom. The van der Waals surface area contributed by atoms with Gasteiger partial charge in [-0.05, 0) is 54.4 Å². The number of nitrogens with two attached hydrogens (primary N) is 1. The fraction of sp³-hybridized carbons (Fsp3) is 0.647. The Bertz CT molecular complexity index is 488. The Morgan fingerprint density at radius 3 is 3.05 bits per heavy atom. The van der Waals surface area contributed by atoms with Gasteiger partial charge in [-0.25, -0.2) is 0 Å². The third kappa shape index (κ3) is 2.96. The minimum atomic E-state index is 0.226. The second-order valence-corrected chi connectivity index (χ2v) is 6.99. The highest BCUT2D eigenvalue weighted by molar-refractivity contribution is 6.30. The fourth-order valence-corrected chi connectivity index (χ4v) is 4.05. The SMILES string of the molecule is CC1CCCC(C(N)Cc2cc(Cl)cc3c2OCC3)C1. The molecule has 2 aliphatic rings. The van der Waals surface area contributed by atoms with Gasteiger partial charge in [0.15, 0.2) is 0 Å². The maximum Gasteiger partial charge on any atom is 0.125 e. The van der Waals surface area contributed by atoms with Crippen LogP contribution in [0.2, 0.25) is 5.02 Å². The van der Waals surface area contributed by atoms with E-state index in [-0.39, 0.29) is 6.04 Å². The molecule has 1 fully saturated rings. The average molecular weight is 294 g/mol. The molecule has 0 amide bonds. The molecule has 0 aromatic heterocycles. The molecule has 3 atom stereocenters. The predicted octanol–water partition coefficient (Wildman–Crippen LogP) is 3.97. The summed E-state index contributed by atoms with van der Waals surface area (Å²) in [4.78, 5) is 0. The third-order valence-corrected chi connectivity index (χ3v) is 5.08. The van der Waals surface area contributed by atoms with Crippen molar-refractivity contribution in [3.63, 3.8) is 0 Å². The van der Waals surface area contributed by atoms with Crippen molar-refractivity contribution in [3.8, 4) is 5.75 Å². The van der Waals surface area contributed by atoms with E-state index in [4.69, 9.17) is 22.1 Å². The van der Waals surface area contributed by atoms with E-state index >= 15 is 0 Å². The van der Waals surface area contributed by atoms with Gasteiger partial charge in [0, 0.05) is 17.5 Å². The third-order valence-electron chi connectivity index (χ3n) is 4.86. The molecule has 110 valence electrons. The Kier molecular flexibility index (Phi) is 4.23. The summed E-state index contributed by atoms with van der Waals surface area (Å²) in [7, 11) is 0. The summed E-state index contributed by atoms with van der Waals surface area (Å²) >= 11 is 6.22. The number of hydrogen-bond acceptors (Lipinski definition) is 2. The van der Waals surface area contributed by atoms with Crippen LogP contribution in [-0.4, -0.2) is 12.6 Å². The highest BCUT2D eigenvalue weighted by Crippen LogP contribution is 2.36.